The maximum Gasteiger partial charge on any atom is 0.303 e. The van der Waals surface area contributed by atoms with Crippen molar-refractivity contribution in [1.29, 1.82) is 0 Å². The van der Waals surface area contributed by atoms with Crippen LogP contribution in [0.2, 0.25) is 0 Å². The Labute approximate surface area is 276 Å². The summed E-state index contributed by atoms with van der Waals surface area (Å²) in [6.07, 6.45) is -10.7. The number of hydrogen-bond acceptors (Lipinski definition) is 18. The molecule has 3 saturated heterocycles. The van der Waals surface area contributed by atoms with E-state index in [1.165, 1.54) is 0 Å². The van der Waals surface area contributed by atoms with Crippen molar-refractivity contribution >= 4 is 35.0 Å². The van der Waals surface area contributed by atoms with Gasteiger partial charge in [0.25, 0.3) is 11.4 Å². The van der Waals surface area contributed by atoms with Gasteiger partial charge < -0.3 is 48.3 Å². The van der Waals surface area contributed by atoms with E-state index in [1.807, 2.05) is 0 Å². The van der Waals surface area contributed by atoms with Crippen LogP contribution in [0.4, 0.5) is 17.1 Å². The van der Waals surface area contributed by atoms with E-state index in [-0.39, 0.29) is 5.69 Å². The molecule has 0 radical (unpaired) electrons. The number of aliphatic hydroxyl groups excluding tert-OH is 1. The van der Waals surface area contributed by atoms with Crippen molar-refractivity contribution in [3.63, 3.8) is 0 Å². The molecule has 0 saturated carbocycles. The summed E-state index contributed by atoms with van der Waals surface area (Å²) in [5, 5.41) is 40.9. The van der Waals surface area contributed by atoms with Crippen LogP contribution >= 0.6 is 0 Å². The third-order valence-corrected chi connectivity index (χ3v) is 7.46. The SMILES string of the molecule is CC(=O)OC[C@H]1O[C@@H](OC[C@@H](O)[C@H]2O[C@@H]3OC(C)(C)O[C@@H]3[C@H]2N=[N+]=[N-])[C@H](Nc2ccc([N+](=O)[O-])cc2[N+](=O)[O-])[C@@H](OC(C)=O)[C@@H]1OC(C)=O. The summed E-state index contributed by atoms with van der Waals surface area (Å²) in [6, 6.07) is 0.129. The van der Waals surface area contributed by atoms with Crippen LogP contribution in [0.1, 0.15) is 34.6 Å². The first kappa shape index (κ1) is 37.1. The Kier molecular flexibility index (Phi) is 11.5. The van der Waals surface area contributed by atoms with Gasteiger partial charge in [-0.3, -0.25) is 34.6 Å². The smallest absolute Gasteiger partial charge is 0.303 e. The van der Waals surface area contributed by atoms with E-state index in [2.05, 4.69) is 15.3 Å². The molecule has 0 aromatic heterocycles. The first-order valence-corrected chi connectivity index (χ1v) is 14.7. The summed E-state index contributed by atoms with van der Waals surface area (Å²) in [4.78, 5) is 60.5. The number of rotatable bonds is 13. The van der Waals surface area contributed by atoms with Crippen molar-refractivity contribution in [3.8, 4) is 0 Å². The lowest BCUT2D eigenvalue weighted by Crippen LogP contribution is -2.64. The van der Waals surface area contributed by atoms with Crippen LogP contribution in [0.3, 0.4) is 0 Å². The molecule has 1 aromatic rings. The van der Waals surface area contributed by atoms with Crippen molar-refractivity contribution in [2.24, 2.45) is 5.11 Å². The van der Waals surface area contributed by atoms with Crippen LogP contribution < -0.4 is 5.32 Å². The molecule has 4 rings (SSSR count). The minimum absolute atomic E-state index is 0.317. The third-order valence-electron chi connectivity index (χ3n) is 7.46. The van der Waals surface area contributed by atoms with E-state index < -0.39 is 119 Å². The zero-order chi connectivity index (χ0) is 36.2. The fourth-order valence-electron chi connectivity index (χ4n) is 5.60. The Hall–Kier alpha value is -4.70. The van der Waals surface area contributed by atoms with E-state index in [4.69, 9.17) is 43.4 Å². The molecule has 0 unspecified atom stereocenters. The second kappa shape index (κ2) is 15.2. The molecule has 2 N–H and O–H groups in total. The quantitative estimate of drug-likeness (QED) is 0.0559. The Balaban J connectivity index is 1.70. The van der Waals surface area contributed by atoms with Gasteiger partial charge in [-0.1, -0.05) is 5.11 Å². The van der Waals surface area contributed by atoms with Gasteiger partial charge >= 0.3 is 17.9 Å². The van der Waals surface area contributed by atoms with E-state index in [0.29, 0.717) is 6.07 Å². The number of azide groups is 1. The van der Waals surface area contributed by atoms with E-state index >= 15 is 0 Å². The molecule has 3 heterocycles. The Morgan fingerprint density at radius 1 is 1.06 bits per heavy atom. The number of carbonyl (C=O) groups is 3. The number of aliphatic hydroxyl groups is 1. The number of nitro groups is 2. The second-order valence-corrected chi connectivity index (χ2v) is 11.5. The molecule has 3 fully saturated rings. The van der Waals surface area contributed by atoms with Crippen LogP contribution in [0, 0.1) is 20.2 Å². The lowest BCUT2D eigenvalue weighted by molar-refractivity contribution is -0.393. The van der Waals surface area contributed by atoms with Gasteiger partial charge in [-0.2, -0.15) is 0 Å². The summed E-state index contributed by atoms with van der Waals surface area (Å²) >= 11 is 0. The van der Waals surface area contributed by atoms with Crippen molar-refractivity contribution in [3.05, 3.63) is 48.9 Å². The number of esters is 3. The maximum absolute atomic E-state index is 12.3. The molecule has 0 bridgehead atoms. The fraction of sp³-hybridized carbons (Fsp3) is 0.667. The van der Waals surface area contributed by atoms with Crippen LogP contribution in [0.5, 0.6) is 0 Å². The number of non-ortho nitro benzene ring substituents is 1. The summed E-state index contributed by atoms with van der Waals surface area (Å²) in [5.74, 6) is -3.58. The minimum Gasteiger partial charge on any atom is -0.463 e. The normalized spacial score (nSPS) is 30.6. The largest absolute Gasteiger partial charge is 0.463 e. The van der Waals surface area contributed by atoms with Gasteiger partial charge in [0.15, 0.2) is 30.6 Å². The molecule has 0 spiro atoms. The fourth-order valence-corrected chi connectivity index (χ4v) is 5.60. The molecule has 22 heteroatoms. The molecule has 1 aromatic carbocycles. The third kappa shape index (κ3) is 8.86. The highest BCUT2D eigenvalue weighted by atomic mass is 16.8. The van der Waals surface area contributed by atoms with Gasteiger partial charge in [0, 0.05) is 31.7 Å². The van der Waals surface area contributed by atoms with Crippen molar-refractivity contribution < 1.29 is 67.2 Å². The molecule has 10 atom stereocenters. The standard InChI is InChI=1S/C27H34N6O16/c1-11(34)42-10-18-22(44-12(2)35)23(45-13(3)36)20(29-15-7-6-14(32(38)39)8-16(15)33(40)41)25(46-18)43-9-17(37)21-19(30-31-28)24-26(47-21)49-27(4,5)48-24/h6-8,17-26,29,37H,9-10H2,1-5H3/t17-,18-,19+,20-,21-,22-,23-,24-,25-,26-/m1/s1. The van der Waals surface area contributed by atoms with Gasteiger partial charge in [-0.25, -0.2) is 0 Å². The Bertz CT molecular complexity index is 1500. The number of nitrogens with one attached hydrogen (secondary N) is 1. The van der Waals surface area contributed by atoms with Crippen LogP contribution in [0.15, 0.2) is 23.3 Å². The zero-order valence-corrected chi connectivity index (χ0v) is 26.7. The monoisotopic (exact) mass is 698 g/mol. The van der Waals surface area contributed by atoms with Gasteiger partial charge in [0.05, 0.1) is 28.6 Å². The number of anilines is 1. The van der Waals surface area contributed by atoms with Crippen LogP contribution in [-0.2, 0) is 52.3 Å². The van der Waals surface area contributed by atoms with Crippen molar-refractivity contribution in [1.82, 2.24) is 0 Å². The molecule has 0 aliphatic carbocycles. The number of nitro benzene ring substituents is 2. The molecular weight excluding hydrogens is 664 g/mol. The second-order valence-electron chi connectivity index (χ2n) is 11.5. The van der Waals surface area contributed by atoms with E-state index in [9.17, 15) is 39.7 Å². The first-order chi connectivity index (χ1) is 23.0. The zero-order valence-electron chi connectivity index (χ0n) is 26.7. The molecule has 0 amide bonds. The number of benzene rings is 1. The van der Waals surface area contributed by atoms with Crippen molar-refractivity contribution in [2.45, 2.75) is 102 Å². The highest BCUT2D eigenvalue weighted by molar-refractivity contribution is 5.69. The van der Waals surface area contributed by atoms with Gasteiger partial charge in [0.2, 0.25) is 0 Å². The number of hydrogen-bond donors (Lipinski definition) is 2. The number of carbonyl (C=O) groups excluding carboxylic acids is 3. The molecule has 268 valence electrons. The van der Waals surface area contributed by atoms with E-state index in [1.54, 1.807) is 13.8 Å². The summed E-state index contributed by atoms with van der Waals surface area (Å²) in [5.41, 5.74) is 7.49. The number of ether oxygens (including phenoxy) is 8. The average Bonchev–Trinajstić information content (AvgIpc) is 3.48. The lowest BCUT2D eigenvalue weighted by atomic mass is 9.95. The highest BCUT2D eigenvalue weighted by Crippen LogP contribution is 2.40. The van der Waals surface area contributed by atoms with Crippen LogP contribution in [-0.4, -0.2) is 113 Å². The minimum atomic E-state index is -1.63. The maximum atomic E-state index is 12.3. The predicted molar refractivity (Wildman–Crippen MR) is 157 cm³/mol. The highest BCUT2D eigenvalue weighted by Gasteiger charge is 2.57. The Morgan fingerprint density at radius 2 is 1.73 bits per heavy atom. The molecular formula is C27H34N6O16. The summed E-state index contributed by atoms with van der Waals surface area (Å²) in [7, 11) is 0. The van der Waals surface area contributed by atoms with Crippen LogP contribution in [0.25, 0.3) is 10.4 Å². The topological polar surface area (TPSA) is 292 Å². The molecule has 3 aliphatic heterocycles. The number of nitrogens with zero attached hydrogens (tertiary/aromatic N) is 5. The Morgan fingerprint density at radius 3 is 2.33 bits per heavy atom. The number of fused-ring (bicyclic) bond motifs is 1. The van der Waals surface area contributed by atoms with Gasteiger partial charge in [-0.05, 0) is 25.4 Å². The first-order valence-electron chi connectivity index (χ1n) is 14.7. The average molecular weight is 699 g/mol. The van der Waals surface area contributed by atoms with Gasteiger partial charge in [0.1, 0.15) is 42.8 Å². The summed E-state index contributed by atoms with van der Waals surface area (Å²) < 4.78 is 45.2. The summed E-state index contributed by atoms with van der Waals surface area (Å²) in [6.45, 7) is 5.23. The lowest BCUT2D eigenvalue weighted by Gasteiger charge is -2.45. The van der Waals surface area contributed by atoms with Gasteiger partial charge in [-0.15, -0.1) is 0 Å². The predicted octanol–water partition coefficient (Wildman–Crippen LogP) is 1.37. The molecule has 22 nitrogen and oxygen atoms in total. The molecule has 3 aliphatic rings. The van der Waals surface area contributed by atoms with Crippen molar-refractivity contribution in [2.75, 3.05) is 18.5 Å². The molecule has 49 heavy (non-hydrogen) atoms. The van der Waals surface area contributed by atoms with E-state index in [0.717, 1.165) is 32.9 Å².